The number of rotatable bonds is 14. The van der Waals surface area contributed by atoms with E-state index in [1.165, 1.54) is 4.90 Å². The first kappa shape index (κ1) is 22.9. The standard InChI is InChI=1S/C15H29N3O7/c19-10-8-18(9-11-20)14(23)16-6-3-1-2-4-7-17-15(24)25-12-5-13(21)22/h19-20H,1-12H2,(H,16,23)(H,17,24)(H,21,22). The van der Waals surface area contributed by atoms with E-state index >= 15 is 0 Å². The van der Waals surface area contributed by atoms with Gasteiger partial charge in [0.2, 0.25) is 0 Å². The highest BCUT2D eigenvalue weighted by atomic mass is 16.5. The molecule has 25 heavy (non-hydrogen) atoms. The number of hydrogen-bond acceptors (Lipinski definition) is 6. The van der Waals surface area contributed by atoms with E-state index in [1.807, 2.05) is 0 Å². The molecule has 0 aliphatic carbocycles. The van der Waals surface area contributed by atoms with Crippen molar-refractivity contribution < 1.29 is 34.4 Å². The Morgan fingerprint density at radius 1 is 0.880 bits per heavy atom. The quantitative estimate of drug-likeness (QED) is 0.267. The van der Waals surface area contributed by atoms with Gasteiger partial charge in [-0.1, -0.05) is 12.8 Å². The SMILES string of the molecule is O=C(O)CCOC(=O)NCCCCCCNC(=O)N(CCO)CCO. The number of alkyl carbamates (subject to hydrolysis) is 1. The number of unbranched alkanes of at least 4 members (excludes halogenated alkanes) is 3. The Labute approximate surface area is 147 Å². The zero-order valence-corrected chi connectivity index (χ0v) is 14.4. The molecule has 0 unspecified atom stereocenters. The number of amides is 3. The Bertz CT molecular complexity index is 387. The number of hydrogen-bond donors (Lipinski definition) is 5. The van der Waals surface area contributed by atoms with Crippen LogP contribution in [0.25, 0.3) is 0 Å². The third kappa shape index (κ3) is 14.0. The summed E-state index contributed by atoms with van der Waals surface area (Å²) in [4.78, 5) is 34.5. The van der Waals surface area contributed by atoms with Crippen molar-refractivity contribution in [3.8, 4) is 0 Å². The minimum absolute atomic E-state index is 0.148. The summed E-state index contributed by atoms with van der Waals surface area (Å²) in [6.45, 7) is 0.847. The van der Waals surface area contributed by atoms with Gasteiger partial charge in [-0.3, -0.25) is 4.79 Å². The molecule has 0 atom stereocenters. The minimum Gasteiger partial charge on any atom is -0.481 e. The summed E-state index contributed by atoms with van der Waals surface area (Å²) in [6.07, 6.45) is 2.43. The first-order valence-electron chi connectivity index (χ1n) is 8.38. The molecule has 0 saturated heterocycles. The largest absolute Gasteiger partial charge is 0.481 e. The van der Waals surface area contributed by atoms with Crippen LogP contribution in [0.2, 0.25) is 0 Å². The van der Waals surface area contributed by atoms with E-state index in [-0.39, 0.29) is 45.4 Å². The second-order valence-corrected chi connectivity index (χ2v) is 5.29. The number of aliphatic hydroxyl groups is 2. The van der Waals surface area contributed by atoms with E-state index < -0.39 is 12.1 Å². The highest BCUT2D eigenvalue weighted by Gasteiger charge is 2.10. The Balaban J connectivity index is 3.52. The predicted molar refractivity (Wildman–Crippen MR) is 89.2 cm³/mol. The van der Waals surface area contributed by atoms with Gasteiger partial charge in [-0.05, 0) is 12.8 Å². The molecule has 0 spiro atoms. The molecule has 0 aliphatic rings. The van der Waals surface area contributed by atoms with Crippen molar-refractivity contribution in [1.82, 2.24) is 15.5 Å². The number of ether oxygens (including phenoxy) is 1. The Hall–Kier alpha value is -2.07. The second kappa shape index (κ2) is 15.5. The van der Waals surface area contributed by atoms with Crippen molar-refractivity contribution in [2.75, 3.05) is 46.0 Å². The summed E-state index contributed by atoms with van der Waals surface area (Å²) >= 11 is 0. The van der Waals surface area contributed by atoms with Crippen LogP contribution in [0.1, 0.15) is 32.1 Å². The number of aliphatic hydroxyl groups excluding tert-OH is 2. The fraction of sp³-hybridized carbons (Fsp3) is 0.800. The van der Waals surface area contributed by atoms with Gasteiger partial charge in [0.25, 0.3) is 0 Å². The molecule has 5 N–H and O–H groups in total. The summed E-state index contributed by atoms with van der Waals surface area (Å²) < 4.78 is 4.67. The lowest BCUT2D eigenvalue weighted by Gasteiger charge is -2.21. The third-order valence-corrected chi connectivity index (χ3v) is 3.23. The molecule has 146 valence electrons. The van der Waals surface area contributed by atoms with Crippen LogP contribution in [-0.2, 0) is 9.53 Å². The molecular formula is C15H29N3O7. The summed E-state index contributed by atoms with van der Waals surface area (Å²) in [5.41, 5.74) is 0. The van der Waals surface area contributed by atoms with E-state index in [9.17, 15) is 14.4 Å². The van der Waals surface area contributed by atoms with Gasteiger partial charge >= 0.3 is 18.1 Å². The van der Waals surface area contributed by atoms with Crippen LogP contribution in [0.4, 0.5) is 9.59 Å². The second-order valence-electron chi connectivity index (χ2n) is 5.29. The third-order valence-electron chi connectivity index (χ3n) is 3.23. The highest BCUT2D eigenvalue weighted by Crippen LogP contribution is 1.99. The highest BCUT2D eigenvalue weighted by molar-refractivity contribution is 5.74. The van der Waals surface area contributed by atoms with Crippen molar-refractivity contribution in [3.05, 3.63) is 0 Å². The molecule has 0 radical (unpaired) electrons. The summed E-state index contributed by atoms with van der Waals surface area (Å²) in [5.74, 6) is -1.02. The van der Waals surface area contributed by atoms with Crippen LogP contribution < -0.4 is 10.6 Å². The predicted octanol–water partition coefficient (Wildman–Crippen LogP) is -0.256. The number of carboxylic acid groups (broad SMARTS) is 1. The van der Waals surface area contributed by atoms with Crippen LogP contribution in [0.15, 0.2) is 0 Å². The Kier molecular flexibility index (Phi) is 14.2. The van der Waals surface area contributed by atoms with Crippen LogP contribution in [0.3, 0.4) is 0 Å². The molecular weight excluding hydrogens is 334 g/mol. The maximum Gasteiger partial charge on any atom is 0.407 e. The van der Waals surface area contributed by atoms with Crippen LogP contribution >= 0.6 is 0 Å². The van der Waals surface area contributed by atoms with Crippen molar-refractivity contribution in [2.45, 2.75) is 32.1 Å². The van der Waals surface area contributed by atoms with Crippen LogP contribution in [-0.4, -0.2) is 84.3 Å². The number of nitrogens with one attached hydrogen (secondary N) is 2. The molecule has 0 aromatic heterocycles. The van der Waals surface area contributed by atoms with E-state index in [0.717, 1.165) is 25.7 Å². The molecule has 0 aliphatic heterocycles. The van der Waals surface area contributed by atoms with Gasteiger partial charge in [-0.25, -0.2) is 9.59 Å². The topological polar surface area (TPSA) is 148 Å². The van der Waals surface area contributed by atoms with Gasteiger partial charge in [0.15, 0.2) is 0 Å². The van der Waals surface area contributed by atoms with Gasteiger partial charge < -0.3 is 35.6 Å². The molecule has 0 fully saturated rings. The van der Waals surface area contributed by atoms with E-state index in [1.54, 1.807) is 0 Å². The van der Waals surface area contributed by atoms with Gasteiger partial charge in [0.05, 0.1) is 19.6 Å². The van der Waals surface area contributed by atoms with Gasteiger partial charge in [0, 0.05) is 26.2 Å². The first-order chi connectivity index (χ1) is 12.0. The Morgan fingerprint density at radius 3 is 1.96 bits per heavy atom. The van der Waals surface area contributed by atoms with E-state index in [0.29, 0.717) is 13.1 Å². The fourth-order valence-corrected chi connectivity index (χ4v) is 1.94. The summed E-state index contributed by atoms with van der Waals surface area (Å²) in [5, 5.41) is 31.3. The summed E-state index contributed by atoms with van der Waals surface area (Å²) in [7, 11) is 0. The number of urea groups is 1. The lowest BCUT2D eigenvalue weighted by atomic mass is 10.2. The molecule has 0 heterocycles. The fourth-order valence-electron chi connectivity index (χ4n) is 1.94. The van der Waals surface area contributed by atoms with Crippen molar-refractivity contribution >= 4 is 18.1 Å². The van der Waals surface area contributed by atoms with Crippen molar-refractivity contribution in [1.29, 1.82) is 0 Å². The summed E-state index contributed by atoms with van der Waals surface area (Å²) in [6, 6.07) is -0.311. The number of aliphatic carboxylic acids is 1. The molecule has 0 saturated carbocycles. The van der Waals surface area contributed by atoms with Gasteiger partial charge in [-0.15, -0.1) is 0 Å². The number of carbonyl (C=O) groups excluding carboxylic acids is 2. The van der Waals surface area contributed by atoms with Crippen LogP contribution in [0.5, 0.6) is 0 Å². The number of carbonyl (C=O) groups is 3. The average molecular weight is 363 g/mol. The number of nitrogens with zero attached hydrogens (tertiary/aromatic N) is 1. The number of carboxylic acids is 1. The monoisotopic (exact) mass is 363 g/mol. The molecule has 0 bridgehead atoms. The molecule has 0 aromatic carbocycles. The first-order valence-corrected chi connectivity index (χ1v) is 8.38. The average Bonchev–Trinajstić information content (AvgIpc) is 2.56. The molecule has 0 rings (SSSR count). The minimum atomic E-state index is -1.02. The lowest BCUT2D eigenvalue weighted by molar-refractivity contribution is -0.137. The van der Waals surface area contributed by atoms with Crippen LogP contribution in [0, 0.1) is 0 Å². The van der Waals surface area contributed by atoms with E-state index in [4.69, 9.17) is 15.3 Å². The molecule has 10 heteroatoms. The van der Waals surface area contributed by atoms with E-state index in [2.05, 4.69) is 15.4 Å². The molecule has 3 amide bonds. The lowest BCUT2D eigenvalue weighted by Crippen LogP contribution is -2.43. The normalized spacial score (nSPS) is 10.2. The maximum atomic E-state index is 11.8. The maximum absolute atomic E-state index is 11.8. The van der Waals surface area contributed by atoms with Gasteiger partial charge in [0.1, 0.15) is 6.61 Å². The Morgan fingerprint density at radius 2 is 1.44 bits per heavy atom. The zero-order valence-electron chi connectivity index (χ0n) is 14.4. The smallest absolute Gasteiger partial charge is 0.407 e. The molecule has 0 aromatic rings. The van der Waals surface area contributed by atoms with Crippen molar-refractivity contribution in [2.24, 2.45) is 0 Å². The van der Waals surface area contributed by atoms with Gasteiger partial charge in [-0.2, -0.15) is 0 Å². The molecule has 10 nitrogen and oxygen atoms in total. The van der Waals surface area contributed by atoms with Crippen molar-refractivity contribution in [3.63, 3.8) is 0 Å². The zero-order chi connectivity index (χ0) is 18.9.